The van der Waals surface area contributed by atoms with Crippen LogP contribution < -0.4 is 11.1 Å². The lowest BCUT2D eigenvalue weighted by Gasteiger charge is -2.22. The summed E-state index contributed by atoms with van der Waals surface area (Å²) in [5.74, 6) is 1.03. The second-order valence-electron chi connectivity index (χ2n) is 4.62. The van der Waals surface area contributed by atoms with E-state index < -0.39 is 0 Å². The fourth-order valence-corrected chi connectivity index (χ4v) is 1.46. The van der Waals surface area contributed by atoms with Crippen LogP contribution in [0.4, 0.5) is 5.82 Å². The van der Waals surface area contributed by atoms with Crippen LogP contribution >= 0.6 is 0 Å². The molecule has 0 spiro atoms. The van der Waals surface area contributed by atoms with E-state index in [1.165, 1.54) is 0 Å². The summed E-state index contributed by atoms with van der Waals surface area (Å²) in [5, 5.41) is 7.75. The first-order valence-corrected chi connectivity index (χ1v) is 4.86. The van der Waals surface area contributed by atoms with Crippen LogP contribution in [0.2, 0.25) is 0 Å². The number of anilines is 1. The molecule has 0 saturated carbocycles. The van der Waals surface area contributed by atoms with Gasteiger partial charge in [-0.15, -0.1) is 0 Å². The Morgan fingerprint density at radius 3 is 2.43 bits per heavy atom. The minimum atomic E-state index is 0.0319. The van der Waals surface area contributed by atoms with E-state index in [4.69, 9.17) is 5.73 Å². The van der Waals surface area contributed by atoms with Gasteiger partial charge in [-0.2, -0.15) is 5.10 Å². The van der Waals surface area contributed by atoms with Crippen LogP contribution in [0.3, 0.4) is 0 Å². The van der Waals surface area contributed by atoms with Crippen LogP contribution in [0.15, 0.2) is 0 Å². The molecular weight excluding hydrogens is 176 g/mol. The number of nitrogens with two attached hydrogens (primary N) is 1. The Hall–Kier alpha value is -1.03. The lowest BCUT2D eigenvalue weighted by Crippen LogP contribution is -2.28. The SMILES string of the molecule is Cc1nn(C)c(NC(C)(C)C)c1CN. The van der Waals surface area contributed by atoms with E-state index in [0.717, 1.165) is 17.1 Å². The molecule has 0 amide bonds. The van der Waals surface area contributed by atoms with Crippen LogP contribution in [0.5, 0.6) is 0 Å². The molecule has 1 aromatic rings. The molecule has 0 fully saturated rings. The highest BCUT2D eigenvalue weighted by atomic mass is 15.3. The first kappa shape index (κ1) is 11.0. The zero-order chi connectivity index (χ0) is 10.9. The third-order valence-corrected chi connectivity index (χ3v) is 2.04. The number of rotatable bonds is 2. The molecule has 0 unspecified atom stereocenters. The van der Waals surface area contributed by atoms with Crippen LogP contribution in [-0.4, -0.2) is 15.3 Å². The number of hydrogen-bond donors (Lipinski definition) is 2. The lowest BCUT2D eigenvalue weighted by molar-refractivity contribution is 0.615. The van der Waals surface area contributed by atoms with Gasteiger partial charge in [0, 0.05) is 24.7 Å². The van der Waals surface area contributed by atoms with Gasteiger partial charge < -0.3 is 11.1 Å². The Bertz CT molecular complexity index is 320. The Kier molecular flexibility index (Phi) is 2.85. The standard InChI is InChI=1S/C10H20N4/c1-7-8(6-11)9(14(5)13-7)12-10(2,3)4/h12H,6,11H2,1-5H3. The maximum absolute atomic E-state index is 5.69. The van der Waals surface area contributed by atoms with Crippen molar-refractivity contribution in [2.24, 2.45) is 12.8 Å². The molecular formula is C10H20N4. The van der Waals surface area contributed by atoms with Gasteiger partial charge in [0.25, 0.3) is 0 Å². The average molecular weight is 196 g/mol. The highest BCUT2D eigenvalue weighted by molar-refractivity contribution is 5.48. The number of hydrogen-bond acceptors (Lipinski definition) is 3. The lowest BCUT2D eigenvalue weighted by atomic mass is 10.1. The van der Waals surface area contributed by atoms with E-state index in [9.17, 15) is 0 Å². The molecule has 4 heteroatoms. The Balaban J connectivity index is 3.06. The number of nitrogens with zero attached hydrogens (tertiary/aromatic N) is 2. The molecule has 0 saturated heterocycles. The average Bonchev–Trinajstić information content (AvgIpc) is 2.24. The van der Waals surface area contributed by atoms with Crippen molar-refractivity contribution in [2.75, 3.05) is 5.32 Å². The van der Waals surface area contributed by atoms with E-state index in [1.807, 2.05) is 18.7 Å². The van der Waals surface area contributed by atoms with E-state index in [0.29, 0.717) is 6.54 Å². The zero-order valence-electron chi connectivity index (χ0n) is 9.68. The van der Waals surface area contributed by atoms with Gasteiger partial charge in [-0.1, -0.05) is 0 Å². The number of aryl methyl sites for hydroxylation is 2. The summed E-state index contributed by atoms with van der Waals surface area (Å²) in [7, 11) is 1.93. The molecule has 80 valence electrons. The molecule has 0 bridgehead atoms. The fraction of sp³-hybridized carbons (Fsp3) is 0.700. The molecule has 3 N–H and O–H groups in total. The molecule has 1 rings (SSSR count). The normalized spacial score (nSPS) is 11.9. The monoisotopic (exact) mass is 196 g/mol. The molecule has 0 aliphatic heterocycles. The van der Waals surface area contributed by atoms with Crippen molar-refractivity contribution in [3.8, 4) is 0 Å². The minimum absolute atomic E-state index is 0.0319. The molecule has 14 heavy (non-hydrogen) atoms. The van der Waals surface area contributed by atoms with Crippen LogP contribution in [0.25, 0.3) is 0 Å². The predicted octanol–water partition coefficient (Wildman–Crippen LogP) is 1.40. The van der Waals surface area contributed by atoms with Crippen molar-refractivity contribution in [3.63, 3.8) is 0 Å². The van der Waals surface area contributed by atoms with E-state index in [1.54, 1.807) is 0 Å². The van der Waals surface area contributed by atoms with Gasteiger partial charge >= 0.3 is 0 Å². The summed E-state index contributed by atoms with van der Waals surface area (Å²) >= 11 is 0. The second-order valence-corrected chi connectivity index (χ2v) is 4.62. The van der Waals surface area contributed by atoms with Gasteiger partial charge in [0.2, 0.25) is 0 Å². The third-order valence-electron chi connectivity index (χ3n) is 2.04. The van der Waals surface area contributed by atoms with Gasteiger partial charge in [-0.3, -0.25) is 4.68 Å². The Morgan fingerprint density at radius 1 is 1.43 bits per heavy atom. The van der Waals surface area contributed by atoms with Crippen molar-refractivity contribution >= 4 is 5.82 Å². The molecule has 0 atom stereocenters. The first-order valence-electron chi connectivity index (χ1n) is 4.86. The molecule has 1 heterocycles. The van der Waals surface area contributed by atoms with Crippen molar-refractivity contribution in [1.82, 2.24) is 9.78 Å². The van der Waals surface area contributed by atoms with E-state index in [2.05, 4.69) is 31.2 Å². The van der Waals surface area contributed by atoms with Crippen LogP contribution in [-0.2, 0) is 13.6 Å². The first-order chi connectivity index (χ1) is 6.35. The zero-order valence-corrected chi connectivity index (χ0v) is 9.68. The van der Waals surface area contributed by atoms with Crippen LogP contribution in [0.1, 0.15) is 32.0 Å². The van der Waals surface area contributed by atoms with Gasteiger partial charge in [-0.05, 0) is 27.7 Å². The van der Waals surface area contributed by atoms with E-state index >= 15 is 0 Å². The highest BCUT2D eigenvalue weighted by Gasteiger charge is 2.17. The van der Waals surface area contributed by atoms with Gasteiger partial charge in [0.15, 0.2) is 0 Å². The molecule has 4 nitrogen and oxygen atoms in total. The van der Waals surface area contributed by atoms with Gasteiger partial charge in [0.05, 0.1) is 5.69 Å². The Labute approximate surface area is 85.5 Å². The predicted molar refractivity (Wildman–Crippen MR) is 59.2 cm³/mol. The van der Waals surface area contributed by atoms with Crippen molar-refractivity contribution in [1.29, 1.82) is 0 Å². The van der Waals surface area contributed by atoms with Gasteiger partial charge in [-0.25, -0.2) is 0 Å². The highest BCUT2D eigenvalue weighted by Crippen LogP contribution is 2.21. The van der Waals surface area contributed by atoms with Crippen molar-refractivity contribution in [3.05, 3.63) is 11.3 Å². The van der Waals surface area contributed by atoms with Crippen molar-refractivity contribution in [2.45, 2.75) is 39.8 Å². The molecule has 0 aromatic carbocycles. The molecule has 1 aromatic heterocycles. The summed E-state index contributed by atoms with van der Waals surface area (Å²) in [6.07, 6.45) is 0. The minimum Gasteiger partial charge on any atom is -0.365 e. The van der Waals surface area contributed by atoms with E-state index in [-0.39, 0.29) is 5.54 Å². The molecule has 0 aliphatic carbocycles. The maximum Gasteiger partial charge on any atom is 0.129 e. The fourth-order valence-electron chi connectivity index (χ4n) is 1.46. The smallest absolute Gasteiger partial charge is 0.129 e. The van der Waals surface area contributed by atoms with Gasteiger partial charge in [0.1, 0.15) is 5.82 Å². The largest absolute Gasteiger partial charge is 0.365 e. The summed E-state index contributed by atoms with van der Waals surface area (Å²) in [5.41, 5.74) is 7.82. The molecule has 0 aliphatic rings. The summed E-state index contributed by atoms with van der Waals surface area (Å²) in [6, 6.07) is 0. The Morgan fingerprint density at radius 2 is 2.00 bits per heavy atom. The van der Waals surface area contributed by atoms with Crippen molar-refractivity contribution < 1.29 is 0 Å². The topological polar surface area (TPSA) is 55.9 Å². The second kappa shape index (κ2) is 3.61. The third kappa shape index (κ3) is 2.26. The summed E-state index contributed by atoms with van der Waals surface area (Å²) < 4.78 is 1.85. The molecule has 0 radical (unpaired) electrons. The number of aromatic nitrogens is 2. The summed E-state index contributed by atoms with van der Waals surface area (Å²) in [6.45, 7) is 8.87. The number of nitrogens with one attached hydrogen (secondary N) is 1. The summed E-state index contributed by atoms with van der Waals surface area (Å²) in [4.78, 5) is 0. The quantitative estimate of drug-likeness (QED) is 0.751. The van der Waals surface area contributed by atoms with Crippen LogP contribution in [0, 0.1) is 6.92 Å². The maximum atomic E-state index is 5.69.